The van der Waals surface area contributed by atoms with Gasteiger partial charge in [-0.3, -0.25) is 4.55 Å². The lowest BCUT2D eigenvalue weighted by Gasteiger charge is -2.17. The van der Waals surface area contributed by atoms with Crippen LogP contribution in [-0.4, -0.2) is 24.8 Å². The summed E-state index contributed by atoms with van der Waals surface area (Å²) in [6.45, 7) is 4.60. The molecule has 0 fully saturated rings. The van der Waals surface area contributed by atoms with Crippen LogP contribution in [0.4, 0.5) is 0 Å². The fourth-order valence-corrected chi connectivity index (χ4v) is 0.994. The first-order valence-corrected chi connectivity index (χ1v) is 4.99. The highest BCUT2D eigenvalue weighted by molar-refractivity contribution is 7.87. The molecule has 0 bridgehead atoms. The van der Waals surface area contributed by atoms with Gasteiger partial charge in [0.2, 0.25) is 0 Å². The van der Waals surface area contributed by atoms with Gasteiger partial charge >= 0.3 is 0 Å². The van der Waals surface area contributed by atoms with Crippen molar-refractivity contribution >= 4 is 10.1 Å². The van der Waals surface area contributed by atoms with E-state index in [4.69, 9.17) is 4.55 Å². The van der Waals surface area contributed by atoms with Gasteiger partial charge in [-0.15, -0.1) is 0 Å². The van der Waals surface area contributed by atoms with Crippen molar-refractivity contribution in [1.82, 2.24) is 5.32 Å². The Labute approximate surface area is 73.4 Å². The molecule has 0 aliphatic heterocycles. The minimum absolute atomic E-state index is 0.706. The third-order valence-electron chi connectivity index (χ3n) is 1.62. The zero-order valence-corrected chi connectivity index (χ0v) is 8.57. The van der Waals surface area contributed by atoms with Crippen LogP contribution in [0.15, 0.2) is 11.8 Å². The Morgan fingerprint density at radius 1 is 1.50 bits per heavy atom. The topological polar surface area (TPSA) is 66.4 Å². The molecule has 0 unspecified atom stereocenters. The Morgan fingerprint density at radius 3 is 2.17 bits per heavy atom. The average molecular weight is 193 g/mol. The molecule has 2 N–H and O–H groups in total. The van der Waals surface area contributed by atoms with Crippen molar-refractivity contribution in [3.05, 3.63) is 11.8 Å². The zero-order valence-electron chi connectivity index (χ0n) is 7.75. The van der Waals surface area contributed by atoms with Crippen molar-refractivity contribution in [1.29, 1.82) is 0 Å². The van der Waals surface area contributed by atoms with Gasteiger partial charge in [0, 0.05) is 12.7 Å². The molecule has 0 saturated carbocycles. The maximum atomic E-state index is 10.8. The Kier molecular flexibility index (Phi) is 3.29. The molecule has 0 spiro atoms. The Bertz CT molecular complexity index is 277. The molecule has 0 radical (unpaired) electrons. The van der Waals surface area contributed by atoms with Gasteiger partial charge in [0.1, 0.15) is 4.75 Å². The molecule has 0 aromatic heterocycles. The molecule has 72 valence electrons. The summed E-state index contributed by atoms with van der Waals surface area (Å²) >= 11 is 0. The molecule has 4 nitrogen and oxygen atoms in total. The van der Waals surface area contributed by atoms with Crippen LogP contribution in [0.3, 0.4) is 0 Å². The first-order valence-electron chi connectivity index (χ1n) is 3.55. The molecule has 0 amide bonds. The van der Waals surface area contributed by atoms with Crippen LogP contribution in [0.1, 0.15) is 20.8 Å². The SMILES string of the molecule is CNC(C)=CC(C)(C)S(=O)(=O)O. The minimum atomic E-state index is -4.02. The van der Waals surface area contributed by atoms with Crippen LogP contribution in [0.5, 0.6) is 0 Å². The molecule has 0 aromatic rings. The summed E-state index contributed by atoms with van der Waals surface area (Å²) in [5.74, 6) is 0. The zero-order chi connectivity index (χ0) is 9.99. The van der Waals surface area contributed by atoms with E-state index in [1.165, 1.54) is 19.9 Å². The molecular weight excluding hydrogens is 178 g/mol. The van der Waals surface area contributed by atoms with Crippen LogP contribution in [0.25, 0.3) is 0 Å². The van der Waals surface area contributed by atoms with Crippen LogP contribution in [0.2, 0.25) is 0 Å². The van der Waals surface area contributed by atoms with E-state index in [0.717, 1.165) is 0 Å². The van der Waals surface area contributed by atoms with Crippen LogP contribution in [0, 0.1) is 0 Å². The first kappa shape index (κ1) is 11.4. The van der Waals surface area contributed by atoms with Crippen molar-refractivity contribution in [2.24, 2.45) is 0 Å². The van der Waals surface area contributed by atoms with Gasteiger partial charge < -0.3 is 5.32 Å². The highest BCUT2D eigenvalue weighted by Crippen LogP contribution is 2.17. The second kappa shape index (κ2) is 3.45. The number of hydrogen-bond acceptors (Lipinski definition) is 3. The molecule has 0 rings (SSSR count). The Morgan fingerprint density at radius 2 is 1.92 bits per heavy atom. The van der Waals surface area contributed by atoms with Gasteiger partial charge in [0.05, 0.1) is 0 Å². The average Bonchev–Trinajstić information content (AvgIpc) is 1.84. The number of allylic oxidation sites excluding steroid dienone is 1. The summed E-state index contributed by atoms with van der Waals surface area (Å²) < 4.78 is 29.1. The van der Waals surface area contributed by atoms with E-state index in [0.29, 0.717) is 5.70 Å². The van der Waals surface area contributed by atoms with Gasteiger partial charge in [-0.25, -0.2) is 0 Å². The van der Waals surface area contributed by atoms with E-state index < -0.39 is 14.9 Å². The predicted molar refractivity (Wildman–Crippen MR) is 48.4 cm³/mol. The van der Waals surface area contributed by atoms with Crippen molar-refractivity contribution in [2.75, 3.05) is 7.05 Å². The maximum Gasteiger partial charge on any atom is 0.273 e. The smallest absolute Gasteiger partial charge is 0.273 e. The number of nitrogens with one attached hydrogen (secondary N) is 1. The molecule has 5 heteroatoms. The summed E-state index contributed by atoms with van der Waals surface area (Å²) in [5, 5.41) is 2.78. The largest absolute Gasteiger partial charge is 0.392 e. The summed E-state index contributed by atoms with van der Waals surface area (Å²) in [5.41, 5.74) is 0.706. The molecular formula is C7H15NO3S. The van der Waals surface area contributed by atoms with Crippen LogP contribution >= 0.6 is 0 Å². The molecule has 0 saturated heterocycles. The van der Waals surface area contributed by atoms with Gasteiger partial charge in [0.15, 0.2) is 0 Å². The fourth-order valence-electron chi connectivity index (χ4n) is 0.668. The summed E-state index contributed by atoms with van der Waals surface area (Å²) in [6.07, 6.45) is 1.46. The van der Waals surface area contributed by atoms with Crippen molar-refractivity contribution in [3.63, 3.8) is 0 Å². The van der Waals surface area contributed by atoms with Crippen LogP contribution < -0.4 is 5.32 Å². The normalized spacial score (nSPS) is 14.6. The van der Waals surface area contributed by atoms with Gasteiger partial charge in [-0.2, -0.15) is 8.42 Å². The van der Waals surface area contributed by atoms with Gasteiger partial charge in [-0.1, -0.05) is 0 Å². The lowest BCUT2D eigenvalue weighted by Crippen LogP contribution is -2.30. The molecule has 0 aromatic carbocycles. The number of hydrogen-bond donors (Lipinski definition) is 2. The van der Waals surface area contributed by atoms with E-state index in [-0.39, 0.29) is 0 Å². The molecule has 0 atom stereocenters. The molecule has 12 heavy (non-hydrogen) atoms. The molecule has 0 heterocycles. The van der Waals surface area contributed by atoms with Crippen molar-refractivity contribution < 1.29 is 13.0 Å². The lowest BCUT2D eigenvalue weighted by molar-refractivity contribution is 0.458. The van der Waals surface area contributed by atoms with Gasteiger partial charge in [-0.05, 0) is 26.8 Å². The quantitative estimate of drug-likeness (QED) is 0.650. The second-order valence-corrected chi connectivity index (χ2v) is 5.16. The molecule has 0 aliphatic rings. The predicted octanol–water partition coefficient (Wildman–Crippen LogP) is 0.776. The summed E-state index contributed by atoms with van der Waals surface area (Å²) in [6, 6.07) is 0. The van der Waals surface area contributed by atoms with Crippen molar-refractivity contribution in [3.8, 4) is 0 Å². The third kappa shape index (κ3) is 2.83. The van der Waals surface area contributed by atoms with Crippen molar-refractivity contribution in [2.45, 2.75) is 25.5 Å². The highest BCUT2D eigenvalue weighted by Gasteiger charge is 2.29. The standard InChI is InChI=1S/C7H15NO3S/c1-6(8-4)5-7(2,3)12(9,10)11/h5,8H,1-4H3,(H,9,10,11). The third-order valence-corrected chi connectivity index (χ3v) is 3.07. The van der Waals surface area contributed by atoms with Gasteiger partial charge in [0.25, 0.3) is 10.1 Å². The summed E-state index contributed by atoms with van der Waals surface area (Å²) in [7, 11) is -2.34. The fraction of sp³-hybridized carbons (Fsp3) is 0.714. The van der Waals surface area contributed by atoms with Crippen LogP contribution in [-0.2, 0) is 10.1 Å². The Hall–Kier alpha value is -0.550. The lowest BCUT2D eigenvalue weighted by atomic mass is 10.2. The van der Waals surface area contributed by atoms with E-state index >= 15 is 0 Å². The first-order chi connectivity index (χ1) is 5.20. The van der Waals surface area contributed by atoms with E-state index in [1.807, 2.05) is 0 Å². The second-order valence-electron chi connectivity index (χ2n) is 3.16. The van der Waals surface area contributed by atoms with E-state index in [2.05, 4.69) is 5.32 Å². The highest BCUT2D eigenvalue weighted by atomic mass is 32.2. The summed E-state index contributed by atoms with van der Waals surface area (Å²) in [4.78, 5) is 0. The van der Waals surface area contributed by atoms with E-state index in [1.54, 1.807) is 14.0 Å². The Balaban J connectivity index is 4.90. The monoisotopic (exact) mass is 193 g/mol. The number of rotatable bonds is 3. The maximum absolute atomic E-state index is 10.8. The minimum Gasteiger partial charge on any atom is -0.392 e. The van der Waals surface area contributed by atoms with E-state index in [9.17, 15) is 8.42 Å². The molecule has 0 aliphatic carbocycles.